The Kier molecular flexibility index (Phi) is 6.67. The van der Waals surface area contributed by atoms with Gasteiger partial charge in [0.2, 0.25) is 5.91 Å². The molecule has 160 valence electrons. The Morgan fingerprint density at radius 2 is 1.81 bits per heavy atom. The van der Waals surface area contributed by atoms with Gasteiger partial charge >= 0.3 is 5.97 Å². The molecule has 0 unspecified atom stereocenters. The molecule has 6 nitrogen and oxygen atoms in total. The van der Waals surface area contributed by atoms with Crippen LogP contribution in [0.4, 0.5) is 5.69 Å². The highest BCUT2D eigenvalue weighted by atomic mass is 32.2. The van der Waals surface area contributed by atoms with E-state index in [0.29, 0.717) is 29.8 Å². The number of Topliss-reactive ketones (excluding diaryl/α,β-unsaturated/α-hetero) is 1. The summed E-state index contributed by atoms with van der Waals surface area (Å²) in [5.41, 5.74) is 2.12. The molecule has 2 N–H and O–H groups in total. The Morgan fingerprint density at radius 3 is 2.55 bits per heavy atom. The molecule has 1 amide bonds. The van der Waals surface area contributed by atoms with E-state index >= 15 is 0 Å². The number of aliphatic carboxylic acids is 1. The fraction of sp³-hybridized carbons (Fsp3) is 0.304. The monoisotopic (exact) mass is 454 g/mol. The molecule has 4 rings (SSSR count). The second-order valence-corrected chi connectivity index (χ2v) is 9.82. The summed E-state index contributed by atoms with van der Waals surface area (Å²) in [7, 11) is 0. The topological polar surface area (TPSA) is 96.4 Å². The zero-order valence-corrected chi connectivity index (χ0v) is 18.4. The number of rotatable bonds is 7. The minimum absolute atomic E-state index is 0.0540. The molecule has 0 bridgehead atoms. The molecule has 1 aliphatic carbocycles. The minimum atomic E-state index is -0.899. The lowest BCUT2D eigenvalue weighted by molar-refractivity contribution is -0.147. The molecule has 1 saturated carbocycles. The molecule has 31 heavy (non-hydrogen) atoms. The highest BCUT2D eigenvalue weighted by Crippen LogP contribution is 2.34. The lowest BCUT2D eigenvalue weighted by Gasteiger charge is -2.27. The average Bonchev–Trinajstić information content (AvgIpc) is 3.20. The van der Waals surface area contributed by atoms with E-state index in [1.807, 2.05) is 30.3 Å². The quantitative estimate of drug-likeness (QED) is 0.381. The molecule has 1 fully saturated rings. The van der Waals surface area contributed by atoms with Gasteiger partial charge in [-0.25, -0.2) is 4.98 Å². The number of carboxylic acids is 1. The van der Waals surface area contributed by atoms with Crippen LogP contribution in [0.15, 0.2) is 52.9 Å². The largest absolute Gasteiger partial charge is 0.481 e. The Labute approximate surface area is 188 Å². The fourth-order valence-electron chi connectivity index (χ4n) is 3.85. The average molecular weight is 455 g/mol. The van der Waals surface area contributed by atoms with Gasteiger partial charge in [0.15, 0.2) is 10.1 Å². The molecule has 1 heterocycles. The van der Waals surface area contributed by atoms with Crippen molar-refractivity contribution < 1.29 is 19.5 Å². The van der Waals surface area contributed by atoms with Crippen molar-refractivity contribution in [2.24, 2.45) is 11.8 Å². The first-order valence-electron chi connectivity index (χ1n) is 10.2. The number of amides is 1. The highest BCUT2D eigenvalue weighted by Gasteiger charge is 2.35. The van der Waals surface area contributed by atoms with Crippen molar-refractivity contribution in [2.75, 3.05) is 11.1 Å². The summed E-state index contributed by atoms with van der Waals surface area (Å²) < 4.78 is 1.70. The lowest BCUT2D eigenvalue weighted by atomic mass is 9.78. The maximum absolute atomic E-state index is 12.7. The lowest BCUT2D eigenvalue weighted by Crippen LogP contribution is -2.36. The fourth-order valence-corrected chi connectivity index (χ4v) is 5.86. The molecule has 2 aromatic carbocycles. The number of anilines is 1. The van der Waals surface area contributed by atoms with Gasteiger partial charge < -0.3 is 10.4 Å². The summed E-state index contributed by atoms with van der Waals surface area (Å²) in [5.74, 6) is -1.89. The number of ketones is 1. The number of carbonyl (C=O) groups is 3. The van der Waals surface area contributed by atoms with Gasteiger partial charge in [-0.3, -0.25) is 14.4 Å². The number of benzene rings is 2. The molecule has 0 saturated heterocycles. The highest BCUT2D eigenvalue weighted by molar-refractivity contribution is 8.01. The molecule has 3 aromatic rings. The smallest absolute Gasteiger partial charge is 0.307 e. The SMILES string of the molecule is O=C(CSc1nc2ccc(NC(=O)[C@H]3CCCC[C@H]3C(=O)O)cc2s1)c1ccccc1. The Balaban J connectivity index is 1.42. The Morgan fingerprint density at radius 1 is 1.06 bits per heavy atom. The number of hydrogen-bond donors (Lipinski definition) is 2. The van der Waals surface area contributed by atoms with E-state index in [2.05, 4.69) is 10.3 Å². The molecule has 0 aliphatic heterocycles. The van der Waals surface area contributed by atoms with Crippen molar-refractivity contribution in [2.45, 2.75) is 30.0 Å². The third kappa shape index (κ3) is 5.14. The number of nitrogens with one attached hydrogen (secondary N) is 1. The van der Waals surface area contributed by atoms with Crippen LogP contribution >= 0.6 is 23.1 Å². The van der Waals surface area contributed by atoms with Crippen LogP contribution in [0.5, 0.6) is 0 Å². The first kappa shape index (κ1) is 21.5. The Bertz CT molecular complexity index is 1110. The molecule has 1 aromatic heterocycles. The molecule has 0 radical (unpaired) electrons. The predicted molar refractivity (Wildman–Crippen MR) is 123 cm³/mol. The van der Waals surface area contributed by atoms with Crippen LogP contribution in [-0.2, 0) is 9.59 Å². The Hall–Kier alpha value is -2.71. The normalized spacial score (nSPS) is 18.6. The molecule has 2 atom stereocenters. The molecular weight excluding hydrogens is 432 g/mol. The van der Waals surface area contributed by atoms with Crippen molar-refractivity contribution in [3.8, 4) is 0 Å². The molecule has 8 heteroatoms. The summed E-state index contributed by atoms with van der Waals surface area (Å²) >= 11 is 2.87. The molecule has 1 aliphatic rings. The van der Waals surface area contributed by atoms with E-state index in [9.17, 15) is 19.5 Å². The first-order valence-corrected chi connectivity index (χ1v) is 12.0. The van der Waals surface area contributed by atoms with E-state index in [1.54, 1.807) is 18.2 Å². The van der Waals surface area contributed by atoms with Gasteiger partial charge in [0, 0.05) is 11.3 Å². The van der Waals surface area contributed by atoms with Gasteiger partial charge in [0.1, 0.15) is 0 Å². The standard InChI is InChI=1S/C23H22N2O4S2/c26-19(14-6-2-1-3-7-14)13-30-23-25-18-11-10-15(12-20(18)31-23)24-21(27)16-8-4-5-9-17(16)22(28)29/h1-3,6-7,10-12,16-17H,4-5,8-9,13H2,(H,24,27)(H,28,29)/t16-,17+/m0/s1. The van der Waals surface area contributed by atoms with Gasteiger partial charge in [-0.15, -0.1) is 11.3 Å². The zero-order chi connectivity index (χ0) is 21.8. The number of carboxylic acid groups (broad SMARTS) is 1. The number of aromatic nitrogens is 1. The van der Waals surface area contributed by atoms with Crippen molar-refractivity contribution in [1.29, 1.82) is 0 Å². The van der Waals surface area contributed by atoms with E-state index in [0.717, 1.165) is 27.4 Å². The number of carbonyl (C=O) groups excluding carboxylic acids is 2. The van der Waals surface area contributed by atoms with Crippen molar-refractivity contribution in [3.63, 3.8) is 0 Å². The number of thioether (sulfide) groups is 1. The third-order valence-corrected chi connectivity index (χ3v) is 7.64. The van der Waals surface area contributed by atoms with Crippen LogP contribution in [-0.4, -0.2) is 33.5 Å². The summed E-state index contributed by atoms with van der Waals surface area (Å²) in [6.45, 7) is 0. The van der Waals surface area contributed by atoms with Gasteiger partial charge in [0.05, 0.1) is 27.8 Å². The molecule has 0 spiro atoms. The van der Waals surface area contributed by atoms with Crippen LogP contribution < -0.4 is 5.32 Å². The van der Waals surface area contributed by atoms with Crippen LogP contribution in [0.2, 0.25) is 0 Å². The van der Waals surface area contributed by atoms with E-state index in [1.165, 1.54) is 23.1 Å². The van der Waals surface area contributed by atoms with Crippen LogP contribution in [0.3, 0.4) is 0 Å². The number of hydrogen-bond acceptors (Lipinski definition) is 6. The van der Waals surface area contributed by atoms with Gasteiger partial charge in [-0.05, 0) is 31.0 Å². The van der Waals surface area contributed by atoms with Gasteiger partial charge in [-0.2, -0.15) is 0 Å². The van der Waals surface area contributed by atoms with Crippen molar-refractivity contribution >= 4 is 56.7 Å². The van der Waals surface area contributed by atoms with Gasteiger partial charge in [0.25, 0.3) is 0 Å². The van der Waals surface area contributed by atoms with Crippen molar-refractivity contribution in [3.05, 3.63) is 54.1 Å². The summed E-state index contributed by atoms with van der Waals surface area (Å²) in [4.78, 5) is 41.1. The molecular formula is C23H22N2O4S2. The second kappa shape index (κ2) is 9.62. The van der Waals surface area contributed by atoms with E-state index in [-0.39, 0.29) is 11.7 Å². The third-order valence-electron chi connectivity index (χ3n) is 5.48. The second-order valence-electron chi connectivity index (χ2n) is 7.57. The summed E-state index contributed by atoms with van der Waals surface area (Å²) in [6.07, 6.45) is 2.87. The number of thiazole rings is 1. The van der Waals surface area contributed by atoms with Crippen LogP contribution in [0.1, 0.15) is 36.0 Å². The van der Waals surface area contributed by atoms with Crippen molar-refractivity contribution in [1.82, 2.24) is 4.98 Å². The maximum Gasteiger partial charge on any atom is 0.307 e. The summed E-state index contributed by atoms with van der Waals surface area (Å²) in [6, 6.07) is 14.6. The van der Waals surface area contributed by atoms with Crippen LogP contribution in [0.25, 0.3) is 10.2 Å². The van der Waals surface area contributed by atoms with E-state index < -0.39 is 17.8 Å². The van der Waals surface area contributed by atoms with Gasteiger partial charge in [-0.1, -0.05) is 54.9 Å². The van der Waals surface area contributed by atoms with E-state index in [4.69, 9.17) is 0 Å². The summed E-state index contributed by atoms with van der Waals surface area (Å²) in [5, 5.41) is 12.3. The first-order chi connectivity index (χ1) is 15.0. The predicted octanol–water partition coefficient (Wildman–Crippen LogP) is 5.10. The maximum atomic E-state index is 12.7. The van der Waals surface area contributed by atoms with Crippen LogP contribution in [0, 0.1) is 11.8 Å². The minimum Gasteiger partial charge on any atom is -0.481 e. The number of fused-ring (bicyclic) bond motifs is 1. The number of nitrogens with zero attached hydrogens (tertiary/aromatic N) is 1. The zero-order valence-electron chi connectivity index (χ0n) is 16.7.